The third-order valence-electron chi connectivity index (χ3n) is 5.10. The lowest BCUT2D eigenvalue weighted by Gasteiger charge is -2.35. The Morgan fingerprint density at radius 3 is 2.17 bits per heavy atom. The Balaban J connectivity index is 1.65. The number of rotatable bonds is 2. The van der Waals surface area contributed by atoms with Crippen LogP contribution < -0.4 is 4.90 Å². The van der Waals surface area contributed by atoms with E-state index in [0.717, 1.165) is 50.3 Å². The molecule has 0 aromatic heterocycles. The van der Waals surface area contributed by atoms with E-state index in [4.69, 9.17) is 0 Å². The Kier molecular flexibility index (Phi) is 4.90. The number of anilines is 1. The molecule has 1 aromatic carbocycles. The first-order chi connectivity index (χ1) is 11.0. The van der Waals surface area contributed by atoms with Gasteiger partial charge in [0.25, 0.3) is 5.91 Å². The number of piperidine rings is 2. The zero-order valence-electron chi connectivity index (χ0n) is 14.2. The number of hydrogen-bond acceptors (Lipinski definition) is 3. The first kappa shape index (κ1) is 16.3. The fourth-order valence-electron chi connectivity index (χ4n) is 3.95. The Morgan fingerprint density at radius 2 is 1.61 bits per heavy atom. The average molecular weight is 316 g/mol. The van der Waals surface area contributed by atoms with E-state index in [1.165, 1.54) is 6.42 Å². The summed E-state index contributed by atoms with van der Waals surface area (Å²) in [4.78, 5) is 17.0. The minimum atomic E-state index is -0.157. The second-order valence-electron chi connectivity index (χ2n) is 7.42. The largest absolute Gasteiger partial charge is 0.393 e. The molecule has 23 heavy (non-hydrogen) atoms. The van der Waals surface area contributed by atoms with Crippen molar-refractivity contribution in [1.29, 1.82) is 0 Å². The summed E-state index contributed by atoms with van der Waals surface area (Å²) in [7, 11) is 0. The van der Waals surface area contributed by atoms with Crippen LogP contribution >= 0.6 is 0 Å². The number of carbonyl (C=O) groups is 1. The topological polar surface area (TPSA) is 43.8 Å². The quantitative estimate of drug-likeness (QED) is 0.912. The first-order valence-electron chi connectivity index (χ1n) is 8.85. The normalized spacial score (nSPS) is 26.4. The molecular weight excluding hydrogens is 288 g/mol. The van der Waals surface area contributed by atoms with Crippen molar-refractivity contribution in [1.82, 2.24) is 4.90 Å². The van der Waals surface area contributed by atoms with Crippen LogP contribution in [-0.2, 0) is 0 Å². The van der Waals surface area contributed by atoms with Gasteiger partial charge in [-0.15, -0.1) is 0 Å². The number of aliphatic hydroxyl groups excluding tert-OH is 1. The molecule has 0 spiro atoms. The Bertz CT molecular complexity index is 525. The molecule has 0 radical (unpaired) electrons. The monoisotopic (exact) mass is 316 g/mol. The van der Waals surface area contributed by atoms with Crippen molar-refractivity contribution in [2.75, 3.05) is 31.1 Å². The molecule has 2 aliphatic heterocycles. The van der Waals surface area contributed by atoms with Crippen LogP contribution in [0.15, 0.2) is 24.3 Å². The van der Waals surface area contributed by atoms with Gasteiger partial charge in [0.05, 0.1) is 6.10 Å². The van der Waals surface area contributed by atoms with Crippen molar-refractivity contribution in [2.45, 2.75) is 39.2 Å². The van der Waals surface area contributed by atoms with Crippen LogP contribution in [0.3, 0.4) is 0 Å². The molecular formula is C19H28N2O2. The first-order valence-corrected chi connectivity index (χ1v) is 8.85. The molecule has 1 amide bonds. The molecule has 0 aliphatic carbocycles. The summed E-state index contributed by atoms with van der Waals surface area (Å²) < 4.78 is 0. The minimum Gasteiger partial charge on any atom is -0.393 e. The molecule has 3 rings (SSSR count). The second-order valence-corrected chi connectivity index (χ2v) is 7.42. The predicted octanol–water partition coefficient (Wildman–Crippen LogP) is 2.77. The van der Waals surface area contributed by atoms with E-state index < -0.39 is 0 Å². The van der Waals surface area contributed by atoms with E-state index in [2.05, 4.69) is 18.7 Å². The van der Waals surface area contributed by atoms with Gasteiger partial charge >= 0.3 is 0 Å². The Hall–Kier alpha value is -1.55. The maximum atomic E-state index is 12.7. The van der Waals surface area contributed by atoms with E-state index in [-0.39, 0.29) is 12.0 Å². The number of benzene rings is 1. The highest BCUT2D eigenvalue weighted by molar-refractivity contribution is 5.94. The summed E-state index contributed by atoms with van der Waals surface area (Å²) in [6.45, 7) is 7.96. The number of hydrogen-bond donors (Lipinski definition) is 1. The molecule has 0 bridgehead atoms. The minimum absolute atomic E-state index is 0.156. The van der Waals surface area contributed by atoms with Crippen LogP contribution in [0.5, 0.6) is 0 Å². The van der Waals surface area contributed by atoms with Crippen LogP contribution in [0.25, 0.3) is 0 Å². The molecule has 1 N–H and O–H groups in total. The number of aliphatic hydroxyl groups is 1. The molecule has 2 aliphatic rings. The fraction of sp³-hybridized carbons (Fsp3) is 0.632. The zero-order valence-corrected chi connectivity index (χ0v) is 14.2. The highest BCUT2D eigenvalue weighted by Crippen LogP contribution is 2.24. The second kappa shape index (κ2) is 6.91. The van der Waals surface area contributed by atoms with Crippen molar-refractivity contribution in [3.8, 4) is 0 Å². The zero-order chi connectivity index (χ0) is 16.4. The van der Waals surface area contributed by atoms with Gasteiger partial charge in [0.1, 0.15) is 0 Å². The summed E-state index contributed by atoms with van der Waals surface area (Å²) in [5.74, 6) is 1.33. The molecule has 2 unspecified atom stereocenters. The molecule has 2 saturated heterocycles. The molecule has 0 saturated carbocycles. The summed E-state index contributed by atoms with van der Waals surface area (Å²) in [5, 5.41) is 9.60. The molecule has 2 fully saturated rings. The molecule has 4 heteroatoms. The van der Waals surface area contributed by atoms with Gasteiger partial charge in [-0.2, -0.15) is 0 Å². The van der Waals surface area contributed by atoms with E-state index >= 15 is 0 Å². The summed E-state index contributed by atoms with van der Waals surface area (Å²) in [6.07, 6.45) is 2.70. The van der Waals surface area contributed by atoms with E-state index in [1.54, 1.807) is 0 Å². The highest BCUT2D eigenvalue weighted by Gasteiger charge is 2.26. The molecule has 2 heterocycles. The number of amides is 1. The van der Waals surface area contributed by atoms with Gasteiger partial charge in [-0.3, -0.25) is 4.79 Å². The SMILES string of the molecule is CC1CC(C)CN(C(=O)c2ccc(N3CCC(O)CC3)cc2)C1. The van der Waals surface area contributed by atoms with E-state index in [9.17, 15) is 9.90 Å². The standard InChI is InChI=1S/C19H28N2O2/c1-14-11-15(2)13-21(12-14)19(23)16-3-5-17(6-4-16)20-9-7-18(22)8-10-20/h3-6,14-15,18,22H,7-13H2,1-2H3. The van der Waals surface area contributed by atoms with Crippen LogP contribution in [0.2, 0.25) is 0 Å². The van der Waals surface area contributed by atoms with Gasteiger partial charge in [0, 0.05) is 37.4 Å². The number of likely N-dealkylation sites (tertiary alicyclic amines) is 1. The van der Waals surface area contributed by atoms with Crippen LogP contribution in [0, 0.1) is 11.8 Å². The lowest BCUT2D eigenvalue weighted by atomic mass is 9.91. The van der Waals surface area contributed by atoms with Gasteiger partial charge in [-0.25, -0.2) is 0 Å². The van der Waals surface area contributed by atoms with Gasteiger partial charge in [-0.1, -0.05) is 13.8 Å². The molecule has 4 nitrogen and oxygen atoms in total. The van der Waals surface area contributed by atoms with Gasteiger partial charge in [-0.05, 0) is 55.4 Å². The summed E-state index contributed by atoms with van der Waals surface area (Å²) in [6, 6.07) is 7.99. The van der Waals surface area contributed by atoms with Crippen molar-refractivity contribution in [3.63, 3.8) is 0 Å². The van der Waals surface area contributed by atoms with Crippen molar-refractivity contribution in [3.05, 3.63) is 29.8 Å². The lowest BCUT2D eigenvalue weighted by molar-refractivity contribution is 0.0623. The van der Waals surface area contributed by atoms with Crippen LogP contribution in [-0.4, -0.2) is 48.2 Å². The van der Waals surface area contributed by atoms with Crippen molar-refractivity contribution in [2.24, 2.45) is 11.8 Å². The van der Waals surface area contributed by atoms with Crippen molar-refractivity contribution < 1.29 is 9.90 Å². The van der Waals surface area contributed by atoms with E-state index in [0.29, 0.717) is 11.8 Å². The molecule has 126 valence electrons. The molecule has 2 atom stereocenters. The highest BCUT2D eigenvalue weighted by atomic mass is 16.3. The maximum Gasteiger partial charge on any atom is 0.253 e. The lowest BCUT2D eigenvalue weighted by Crippen LogP contribution is -2.42. The summed E-state index contributed by atoms with van der Waals surface area (Å²) >= 11 is 0. The predicted molar refractivity (Wildman–Crippen MR) is 92.7 cm³/mol. The van der Waals surface area contributed by atoms with Gasteiger partial charge < -0.3 is 14.9 Å². The van der Waals surface area contributed by atoms with Gasteiger partial charge in [0.15, 0.2) is 0 Å². The average Bonchev–Trinajstić information content (AvgIpc) is 2.54. The van der Waals surface area contributed by atoms with E-state index in [1.807, 2.05) is 29.2 Å². The fourth-order valence-corrected chi connectivity index (χ4v) is 3.95. The van der Waals surface area contributed by atoms with Gasteiger partial charge in [0.2, 0.25) is 0 Å². The Labute approximate surface area is 139 Å². The third kappa shape index (κ3) is 3.86. The summed E-state index contributed by atoms with van der Waals surface area (Å²) in [5.41, 5.74) is 1.93. The molecule has 1 aromatic rings. The number of carbonyl (C=O) groups excluding carboxylic acids is 1. The maximum absolute atomic E-state index is 12.7. The van der Waals surface area contributed by atoms with Crippen molar-refractivity contribution >= 4 is 11.6 Å². The smallest absolute Gasteiger partial charge is 0.253 e. The third-order valence-corrected chi connectivity index (χ3v) is 5.10. The number of nitrogens with zero attached hydrogens (tertiary/aromatic N) is 2. The Morgan fingerprint density at radius 1 is 1.04 bits per heavy atom. The van der Waals surface area contributed by atoms with Crippen LogP contribution in [0.4, 0.5) is 5.69 Å². The van der Waals surface area contributed by atoms with Crippen LogP contribution in [0.1, 0.15) is 43.5 Å².